The quantitative estimate of drug-likeness (QED) is 0.812. The highest BCUT2D eigenvalue weighted by Crippen LogP contribution is 2.41. The Morgan fingerprint density at radius 3 is 2.00 bits per heavy atom. The molecule has 2 aliphatic heterocycles. The van der Waals surface area contributed by atoms with Crippen molar-refractivity contribution in [3.63, 3.8) is 0 Å². The van der Waals surface area contributed by atoms with Crippen molar-refractivity contribution < 1.29 is 0 Å². The zero-order valence-electron chi connectivity index (χ0n) is 15.6. The van der Waals surface area contributed by atoms with Crippen LogP contribution in [-0.2, 0) is 0 Å². The lowest BCUT2D eigenvalue weighted by Crippen LogP contribution is -2.35. The molecule has 0 saturated carbocycles. The van der Waals surface area contributed by atoms with Crippen LogP contribution in [0, 0.1) is 6.92 Å². The van der Waals surface area contributed by atoms with Gasteiger partial charge in [-0.1, -0.05) is 24.3 Å². The third-order valence-electron chi connectivity index (χ3n) is 5.69. The number of hydrogen-bond donors (Lipinski definition) is 0. The van der Waals surface area contributed by atoms with E-state index < -0.39 is 0 Å². The highest BCUT2D eigenvalue weighted by Gasteiger charge is 2.28. The minimum atomic E-state index is 0.312. The number of hydrogen-bond acceptors (Lipinski definition) is 4. The van der Waals surface area contributed by atoms with Gasteiger partial charge in [0.1, 0.15) is 12.3 Å². The molecule has 0 spiro atoms. The maximum atomic E-state index is 2.38. The first-order valence-electron chi connectivity index (χ1n) is 8.88. The number of rotatable bonds is 2. The highest BCUT2D eigenvalue weighted by molar-refractivity contribution is 6.00. The maximum Gasteiger partial charge on any atom is 0.102 e. The van der Waals surface area contributed by atoms with E-state index >= 15 is 0 Å². The van der Waals surface area contributed by atoms with Crippen molar-refractivity contribution in [2.24, 2.45) is 0 Å². The molecule has 4 heteroatoms. The van der Waals surface area contributed by atoms with Crippen molar-refractivity contribution in [3.05, 3.63) is 60.7 Å². The van der Waals surface area contributed by atoms with E-state index in [9.17, 15) is 0 Å². The molecule has 0 saturated heterocycles. The smallest absolute Gasteiger partial charge is 0.102 e. The molecule has 0 amide bonds. The van der Waals surface area contributed by atoms with E-state index in [-0.39, 0.29) is 0 Å². The van der Waals surface area contributed by atoms with Gasteiger partial charge in [-0.3, -0.25) is 0 Å². The summed E-state index contributed by atoms with van der Waals surface area (Å²) in [5.41, 5.74) is 3.89. The third-order valence-corrected chi connectivity index (χ3v) is 5.69. The Morgan fingerprint density at radius 2 is 1.40 bits per heavy atom. The van der Waals surface area contributed by atoms with Crippen LogP contribution in [0.2, 0.25) is 0 Å². The summed E-state index contributed by atoms with van der Waals surface area (Å²) in [6.07, 6.45) is 9.30. The van der Waals surface area contributed by atoms with Gasteiger partial charge in [-0.05, 0) is 37.8 Å². The van der Waals surface area contributed by atoms with Crippen molar-refractivity contribution in [2.75, 3.05) is 23.9 Å². The molecule has 4 rings (SSSR count). The summed E-state index contributed by atoms with van der Waals surface area (Å²) in [7, 11) is 4.25. The zero-order valence-corrected chi connectivity index (χ0v) is 15.6. The average Bonchev–Trinajstić information content (AvgIpc) is 3.11. The molecule has 2 heterocycles. The van der Waals surface area contributed by atoms with Gasteiger partial charge in [0.2, 0.25) is 0 Å². The Hall–Kier alpha value is -2.62. The van der Waals surface area contributed by atoms with E-state index in [0.717, 1.165) is 0 Å². The van der Waals surface area contributed by atoms with E-state index in [1.165, 1.54) is 27.7 Å². The highest BCUT2D eigenvalue weighted by atomic mass is 15.4. The summed E-state index contributed by atoms with van der Waals surface area (Å²) in [5.74, 6) is 0. The van der Waals surface area contributed by atoms with Gasteiger partial charge in [-0.25, -0.2) is 0 Å². The molecule has 0 bridgehead atoms. The first-order chi connectivity index (χ1) is 12.0. The second kappa shape index (κ2) is 5.73. The summed E-state index contributed by atoms with van der Waals surface area (Å²) in [5, 5.41) is 2.59. The predicted molar refractivity (Wildman–Crippen MR) is 106 cm³/mol. The molecule has 0 aromatic heterocycles. The van der Waals surface area contributed by atoms with E-state index in [2.05, 4.69) is 110 Å². The molecule has 2 aromatic rings. The van der Waals surface area contributed by atoms with Gasteiger partial charge in [-0.15, -0.1) is 0 Å². The number of fused-ring (bicyclic) bond motifs is 1. The predicted octanol–water partition coefficient (Wildman–Crippen LogP) is 4.29. The molecule has 0 fully saturated rings. The van der Waals surface area contributed by atoms with E-state index in [0.29, 0.717) is 12.3 Å². The summed E-state index contributed by atoms with van der Waals surface area (Å²) in [6.45, 7) is 6.72. The van der Waals surface area contributed by atoms with Crippen LogP contribution in [-0.4, -0.2) is 36.2 Å². The van der Waals surface area contributed by atoms with Gasteiger partial charge in [0.25, 0.3) is 0 Å². The minimum absolute atomic E-state index is 0.312. The van der Waals surface area contributed by atoms with Gasteiger partial charge in [0.15, 0.2) is 0 Å². The number of nitrogens with zero attached hydrogens (tertiary/aromatic N) is 4. The SMILES string of the molecule is Cc1c(N2C=CN(C)[C@H]2C)cc2ccccc2c1N1C=CN(C)[C@@H]1C. The molecule has 0 unspecified atom stereocenters. The van der Waals surface area contributed by atoms with E-state index in [1.807, 2.05) is 0 Å². The molecule has 2 aliphatic rings. The van der Waals surface area contributed by atoms with Crippen LogP contribution in [0.1, 0.15) is 19.4 Å². The van der Waals surface area contributed by atoms with Gasteiger partial charge in [0.05, 0.1) is 5.69 Å². The fraction of sp³-hybridized carbons (Fsp3) is 0.333. The van der Waals surface area contributed by atoms with E-state index in [4.69, 9.17) is 0 Å². The van der Waals surface area contributed by atoms with Gasteiger partial charge < -0.3 is 19.6 Å². The largest absolute Gasteiger partial charge is 0.359 e. The Bertz CT molecular complexity index is 870. The lowest BCUT2D eigenvalue weighted by atomic mass is 10.0. The Balaban J connectivity index is 1.93. The van der Waals surface area contributed by atoms with Crippen molar-refractivity contribution >= 4 is 22.1 Å². The maximum absolute atomic E-state index is 2.38. The first-order valence-corrected chi connectivity index (χ1v) is 8.88. The topological polar surface area (TPSA) is 13.0 Å². The van der Waals surface area contributed by atoms with Crippen molar-refractivity contribution in [1.29, 1.82) is 0 Å². The number of anilines is 2. The second-order valence-corrected chi connectivity index (χ2v) is 7.10. The van der Waals surface area contributed by atoms with Crippen LogP contribution in [0.15, 0.2) is 55.1 Å². The summed E-state index contributed by atoms with van der Waals surface area (Å²) in [4.78, 5) is 9.22. The fourth-order valence-corrected chi connectivity index (χ4v) is 3.81. The molecular weight excluding hydrogens is 308 g/mol. The third kappa shape index (κ3) is 2.36. The van der Waals surface area contributed by atoms with Gasteiger partial charge >= 0.3 is 0 Å². The van der Waals surface area contributed by atoms with Crippen LogP contribution < -0.4 is 9.80 Å². The zero-order chi connectivity index (χ0) is 17.7. The standard InChI is InChI=1S/C21H26N4/c1-15-20(24-12-10-22(4)16(24)2)14-18-8-6-7-9-19(18)21(15)25-13-11-23(5)17(25)3/h6-14,16-17H,1-5H3/t16-,17+/m1/s1. The van der Waals surface area contributed by atoms with Gasteiger partial charge in [0, 0.05) is 50.0 Å². The van der Waals surface area contributed by atoms with Crippen LogP contribution in [0.4, 0.5) is 11.4 Å². The van der Waals surface area contributed by atoms with Gasteiger partial charge in [-0.2, -0.15) is 0 Å². The molecule has 0 aliphatic carbocycles. The average molecular weight is 334 g/mol. The molecule has 0 N–H and O–H groups in total. The van der Waals surface area contributed by atoms with E-state index in [1.54, 1.807) is 0 Å². The van der Waals surface area contributed by atoms with Crippen molar-refractivity contribution in [3.8, 4) is 0 Å². The molecule has 0 radical (unpaired) electrons. The lowest BCUT2D eigenvalue weighted by Gasteiger charge is -2.33. The lowest BCUT2D eigenvalue weighted by molar-refractivity contribution is 0.381. The monoisotopic (exact) mass is 334 g/mol. The van der Waals surface area contributed by atoms with Crippen LogP contribution in [0.3, 0.4) is 0 Å². The fourth-order valence-electron chi connectivity index (χ4n) is 3.81. The summed E-state index contributed by atoms with van der Waals surface area (Å²) < 4.78 is 0. The number of benzene rings is 2. The van der Waals surface area contributed by atoms with Crippen LogP contribution >= 0.6 is 0 Å². The molecule has 4 nitrogen and oxygen atoms in total. The van der Waals surface area contributed by atoms with Crippen molar-refractivity contribution in [2.45, 2.75) is 33.1 Å². The first kappa shape index (κ1) is 15.9. The summed E-state index contributed by atoms with van der Waals surface area (Å²) >= 11 is 0. The second-order valence-electron chi connectivity index (χ2n) is 7.10. The van der Waals surface area contributed by atoms with Crippen LogP contribution in [0.25, 0.3) is 10.8 Å². The summed E-state index contributed by atoms with van der Waals surface area (Å²) in [6, 6.07) is 11.0. The Morgan fingerprint density at radius 1 is 0.800 bits per heavy atom. The minimum Gasteiger partial charge on any atom is -0.359 e. The molecule has 2 atom stereocenters. The molecule has 25 heavy (non-hydrogen) atoms. The molecule has 2 aromatic carbocycles. The van der Waals surface area contributed by atoms with Crippen LogP contribution in [0.5, 0.6) is 0 Å². The Labute approximate surface area is 150 Å². The van der Waals surface area contributed by atoms with Crippen molar-refractivity contribution in [1.82, 2.24) is 9.80 Å². The normalized spacial score (nSPS) is 22.8. The molecule has 130 valence electrons. The Kier molecular flexibility index (Phi) is 3.64. The molecular formula is C21H26N4.